The van der Waals surface area contributed by atoms with Crippen molar-refractivity contribution in [1.82, 2.24) is 30.0 Å². The van der Waals surface area contributed by atoms with Gasteiger partial charge in [-0.3, -0.25) is 14.5 Å². The molecule has 2 aliphatic heterocycles. The van der Waals surface area contributed by atoms with Crippen LogP contribution in [0, 0.1) is 6.92 Å². The number of piperidine rings is 1. The zero-order valence-electron chi connectivity index (χ0n) is 18.5. The number of carbonyl (C=O) groups excluding carboxylic acids is 1. The van der Waals surface area contributed by atoms with E-state index in [9.17, 15) is 9.90 Å². The van der Waals surface area contributed by atoms with Gasteiger partial charge in [-0.25, -0.2) is 4.98 Å². The Balaban J connectivity index is 0.000000913. The molecule has 0 aromatic carbocycles. The quantitative estimate of drug-likeness (QED) is 0.547. The van der Waals surface area contributed by atoms with E-state index in [1.54, 1.807) is 13.3 Å². The first-order chi connectivity index (χ1) is 15.2. The molecule has 4 rings (SSSR count). The summed E-state index contributed by atoms with van der Waals surface area (Å²) in [5, 5.41) is 28.5. The molecule has 12 heteroatoms. The lowest BCUT2D eigenvalue weighted by atomic mass is 9.74. The predicted molar refractivity (Wildman–Crippen MR) is 111 cm³/mol. The van der Waals surface area contributed by atoms with Gasteiger partial charge in [0, 0.05) is 33.5 Å². The molecular formula is C20H30N6O6. The smallest absolute Gasteiger partial charge is 0.290 e. The van der Waals surface area contributed by atoms with E-state index >= 15 is 0 Å². The van der Waals surface area contributed by atoms with Crippen LogP contribution in [0.5, 0.6) is 0 Å². The average molecular weight is 450 g/mol. The number of rotatable bonds is 4. The predicted octanol–water partition coefficient (Wildman–Crippen LogP) is 0.117. The fraction of sp³-hybridized carbons (Fsp3) is 0.650. The number of aliphatic hydroxyl groups excluding tert-OH is 1. The second-order valence-electron chi connectivity index (χ2n) is 8.55. The number of nitrogens with zero attached hydrogens (tertiary/aromatic N) is 5. The lowest BCUT2D eigenvalue weighted by Gasteiger charge is -2.51. The number of ether oxygens (including phenoxy) is 1. The van der Waals surface area contributed by atoms with Crippen molar-refractivity contribution in [2.24, 2.45) is 7.05 Å². The van der Waals surface area contributed by atoms with Crippen LogP contribution in [0.4, 0.5) is 0 Å². The number of likely N-dealkylation sites (tertiary alicyclic amines) is 1. The second kappa shape index (κ2) is 9.76. The maximum absolute atomic E-state index is 12.6. The standard InChI is InChI=1S/C19H28N6O4.CH2O2/c1-13-21-14(9-28-13)17(27)22-18(2)11-19(29-10-15(18)26)4-6-25(7-5-19)8-16-23-20-12-24(16)3;2-1-3/h9,12,15,26H,4-8,10-11H2,1-3H3,(H,22,27);1H,(H,2,3)/t15-,18-;/m1./s1. The largest absolute Gasteiger partial charge is 0.483 e. The van der Waals surface area contributed by atoms with Crippen LogP contribution in [0.2, 0.25) is 0 Å². The first-order valence-corrected chi connectivity index (χ1v) is 10.4. The van der Waals surface area contributed by atoms with Gasteiger partial charge in [-0.05, 0) is 19.8 Å². The van der Waals surface area contributed by atoms with E-state index in [2.05, 4.69) is 25.4 Å². The Kier molecular flexibility index (Phi) is 7.26. The molecular weight excluding hydrogens is 420 g/mol. The molecule has 2 aromatic heterocycles. The molecule has 2 aliphatic rings. The fourth-order valence-corrected chi connectivity index (χ4v) is 4.29. The van der Waals surface area contributed by atoms with E-state index in [1.165, 1.54) is 6.26 Å². The number of oxazole rings is 1. The molecule has 1 spiro atoms. The average Bonchev–Trinajstić information content (AvgIpc) is 3.36. The molecule has 1 amide bonds. The summed E-state index contributed by atoms with van der Waals surface area (Å²) < 4.78 is 13.2. The van der Waals surface area contributed by atoms with Crippen molar-refractivity contribution < 1.29 is 29.0 Å². The van der Waals surface area contributed by atoms with Crippen molar-refractivity contribution in [3.05, 3.63) is 30.0 Å². The lowest BCUT2D eigenvalue weighted by Crippen LogP contribution is -2.65. The Labute approximate surface area is 185 Å². The number of amides is 1. The number of nitrogens with one attached hydrogen (secondary N) is 1. The summed E-state index contributed by atoms with van der Waals surface area (Å²) in [5.41, 5.74) is -0.944. The Morgan fingerprint density at radius 1 is 1.41 bits per heavy atom. The van der Waals surface area contributed by atoms with Crippen molar-refractivity contribution in [2.45, 2.75) is 56.9 Å². The highest BCUT2D eigenvalue weighted by atomic mass is 16.5. The summed E-state index contributed by atoms with van der Waals surface area (Å²) in [4.78, 5) is 27.4. The van der Waals surface area contributed by atoms with E-state index in [1.807, 2.05) is 18.5 Å². The van der Waals surface area contributed by atoms with Crippen LogP contribution in [-0.2, 0) is 23.1 Å². The third kappa shape index (κ3) is 5.31. The second-order valence-corrected chi connectivity index (χ2v) is 8.55. The van der Waals surface area contributed by atoms with Crippen LogP contribution in [0.25, 0.3) is 0 Å². The Morgan fingerprint density at radius 3 is 2.66 bits per heavy atom. The maximum Gasteiger partial charge on any atom is 0.290 e. The Hall–Kier alpha value is -2.83. The Morgan fingerprint density at radius 2 is 2.09 bits per heavy atom. The summed E-state index contributed by atoms with van der Waals surface area (Å²) >= 11 is 0. The van der Waals surface area contributed by atoms with Gasteiger partial charge in [0.1, 0.15) is 24.5 Å². The third-order valence-corrected chi connectivity index (χ3v) is 6.16. The van der Waals surface area contributed by atoms with E-state index in [0.29, 0.717) is 12.3 Å². The number of aliphatic hydroxyl groups is 1. The minimum Gasteiger partial charge on any atom is -0.483 e. The molecule has 4 heterocycles. The molecule has 3 N–H and O–H groups in total. The van der Waals surface area contributed by atoms with E-state index < -0.39 is 11.6 Å². The zero-order chi connectivity index (χ0) is 23.4. The van der Waals surface area contributed by atoms with Crippen LogP contribution >= 0.6 is 0 Å². The molecule has 0 saturated carbocycles. The molecule has 2 fully saturated rings. The van der Waals surface area contributed by atoms with Crippen LogP contribution in [-0.4, -0.2) is 84.2 Å². The number of aryl methyl sites for hydroxylation is 2. The molecule has 12 nitrogen and oxygen atoms in total. The highest BCUT2D eigenvalue weighted by Crippen LogP contribution is 2.40. The molecule has 32 heavy (non-hydrogen) atoms. The molecule has 2 aromatic rings. The minimum absolute atomic E-state index is 0.192. The number of carbonyl (C=O) groups is 2. The van der Waals surface area contributed by atoms with Gasteiger partial charge in [0.15, 0.2) is 11.6 Å². The highest BCUT2D eigenvalue weighted by Gasteiger charge is 2.50. The van der Waals surface area contributed by atoms with Gasteiger partial charge in [0.05, 0.1) is 24.3 Å². The third-order valence-electron chi connectivity index (χ3n) is 6.16. The van der Waals surface area contributed by atoms with E-state index in [0.717, 1.165) is 38.3 Å². The summed E-state index contributed by atoms with van der Waals surface area (Å²) in [6, 6.07) is 0. The van der Waals surface area contributed by atoms with Gasteiger partial charge in [-0.1, -0.05) is 0 Å². The van der Waals surface area contributed by atoms with Crippen LogP contribution < -0.4 is 5.32 Å². The minimum atomic E-state index is -0.798. The lowest BCUT2D eigenvalue weighted by molar-refractivity contribution is -0.177. The van der Waals surface area contributed by atoms with Crippen molar-refractivity contribution in [3.8, 4) is 0 Å². The normalized spacial score (nSPS) is 25.1. The SMILES string of the molecule is Cc1nc(C(=O)N[C@]2(C)CC3(CCN(Cc4nncn4C)CC3)OC[C@H]2O)co1.O=CO. The van der Waals surface area contributed by atoms with Crippen LogP contribution in [0.1, 0.15) is 48.4 Å². The van der Waals surface area contributed by atoms with Crippen molar-refractivity contribution >= 4 is 12.4 Å². The number of aromatic nitrogens is 4. The van der Waals surface area contributed by atoms with Crippen LogP contribution in [0.3, 0.4) is 0 Å². The molecule has 0 aliphatic carbocycles. The number of hydrogen-bond acceptors (Lipinski definition) is 9. The van der Waals surface area contributed by atoms with Crippen molar-refractivity contribution in [2.75, 3.05) is 19.7 Å². The fourth-order valence-electron chi connectivity index (χ4n) is 4.29. The monoisotopic (exact) mass is 450 g/mol. The van der Waals surface area contributed by atoms with E-state index in [-0.39, 0.29) is 30.3 Å². The molecule has 0 radical (unpaired) electrons. The highest BCUT2D eigenvalue weighted by molar-refractivity contribution is 5.92. The summed E-state index contributed by atoms with van der Waals surface area (Å²) in [5.74, 6) is 1.01. The van der Waals surface area contributed by atoms with Gasteiger partial charge in [-0.2, -0.15) is 0 Å². The van der Waals surface area contributed by atoms with Crippen molar-refractivity contribution in [3.63, 3.8) is 0 Å². The molecule has 0 unspecified atom stereocenters. The molecule has 0 bridgehead atoms. The summed E-state index contributed by atoms with van der Waals surface area (Å²) in [6.45, 7) is 5.96. The van der Waals surface area contributed by atoms with Gasteiger partial charge >= 0.3 is 0 Å². The molecule has 176 valence electrons. The first-order valence-electron chi connectivity index (χ1n) is 10.4. The topological polar surface area (TPSA) is 156 Å². The number of carboxylic acid groups (broad SMARTS) is 1. The maximum atomic E-state index is 12.6. The van der Waals surface area contributed by atoms with Crippen LogP contribution in [0.15, 0.2) is 17.0 Å². The Bertz CT molecular complexity index is 921. The summed E-state index contributed by atoms with van der Waals surface area (Å²) in [6.07, 6.45) is 4.44. The zero-order valence-corrected chi connectivity index (χ0v) is 18.5. The van der Waals surface area contributed by atoms with Gasteiger partial charge in [0.25, 0.3) is 12.4 Å². The summed E-state index contributed by atoms with van der Waals surface area (Å²) in [7, 11) is 1.94. The van der Waals surface area contributed by atoms with Gasteiger partial charge in [-0.15, -0.1) is 10.2 Å². The van der Waals surface area contributed by atoms with Gasteiger partial charge in [0.2, 0.25) is 0 Å². The van der Waals surface area contributed by atoms with Gasteiger partial charge < -0.3 is 29.3 Å². The van der Waals surface area contributed by atoms with Crippen molar-refractivity contribution in [1.29, 1.82) is 0 Å². The molecule has 2 saturated heterocycles. The number of hydrogen-bond donors (Lipinski definition) is 3. The first kappa shape index (κ1) is 23.8. The molecule has 2 atom stereocenters. The van der Waals surface area contributed by atoms with E-state index in [4.69, 9.17) is 19.1 Å².